The molecule has 0 saturated heterocycles. The Kier molecular flexibility index (Phi) is 5.37. The molecule has 1 saturated carbocycles. The molecule has 3 N–H and O–H groups in total. The normalized spacial score (nSPS) is 25.4. The first-order chi connectivity index (χ1) is 8.06. The topological polar surface area (TPSA) is 79.5 Å². The lowest BCUT2D eigenvalue weighted by molar-refractivity contribution is -0.121. The lowest BCUT2D eigenvalue weighted by Gasteiger charge is -2.18. The summed E-state index contributed by atoms with van der Waals surface area (Å²) in [6.07, 6.45) is 3.20. The summed E-state index contributed by atoms with van der Waals surface area (Å²) in [5, 5.41) is 7.79. The van der Waals surface area contributed by atoms with Gasteiger partial charge >= 0.3 is 6.03 Å². The van der Waals surface area contributed by atoms with E-state index in [1.165, 1.54) is 7.05 Å². The molecule has 3 atom stereocenters. The van der Waals surface area contributed by atoms with Crippen LogP contribution in [0, 0.1) is 0 Å². The van der Waals surface area contributed by atoms with Crippen LogP contribution in [0.1, 0.15) is 26.2 Å². The Balaban J connectivity index is 2.31. The van der Waals surface area contributed by atoms with E-state index < -0.39 is 6.03 Å². The highest BCUT2D eigenvalue weighted by atomic mass is 16.5. The molecule has 3 amide bonds. The quantitative estimate of drug-likeness (QED) is 0.648. The molecule has 6 heteroatoms. The number of carbonyl (C=O) groups is 2. The smallest absolute Gasteiger partial charge is 0.321 e. The van der Waals surface area contributed by atoms with Crippen LogP contribution in [-0.2, 0) is 9.53 Å². The summed E-state index contributed by atoms with van der Waals surface area (Å²) in [6, 6.07) is -0.580. The Morgan fingerprint density at radius 2 is 2.06 bits per heavy atom. The zero-order chi connectivity index (χ0) is 12.8. The van der Waals surface area contributed by atoms with E-state index in [9.17, 15) is 9.59 Å². The minimum Gasteiger partial charge on any atom is -0.381 e. The van der Waals surface area contributed by atoms with Crippen LogP contribution >= 0.6 is 0 Å². The van der Waals surface area contributed by atoms with Gasteiger partial charge in [-0.25, -0.2) is 4.79 Å². The maximum Gasteiger partial charge on any atom is 0.321 e. The van der Waals surface area contributed by atoms with Gasteiger partial charge in [0.1, 0.15) is 0 Å². The van der Waals surface area contributed by atoms with Crippen LogP contribution in [0.2, 0.25) is 0 Å². The number of imide groups is 1. The average Bonchev–Trinajstić information content (AvgIpc) is 2.76. The van der Waals surface area contributed by atoms with Crippen LogP contribution in [0.4, 0.5) is 4.79 Å². The van der Waals surface area contributed by atoms with Crippen molar-refractivity contribution in [2.24, 2.45) is 0 Å². The van der Waals surface area contributed by atoms with Crippen LogP contribution in [0.25, 0.3) is 0 Å². The van der Waals surface area contributed by atoms with Crippen molar-refractivity contribution in [3.63, 3.8) is 0 Å². The van der Waals surface area contributed by atoms with E-state index in [4.69, 9.17) is 4.74 Å². The SMILES string of the molecule is CNC(=O)NC(=O)C(C)NC1CCC(OC)C1. The molecule has 1 aliphatic rings. The highest BCUT2D eigenvalue weighted by Crippen LogP contribution is 2.21. The zero-order valence-corrected chi connectivity index (χ0v) is 10.6. The fourth-order valence-corrected chi connectivity index (χ4v) is 2.02. The standard InChI is InChI=1S/C11H21N3O3/c1-7(10(15)14-11(16)12-2)13-8-4-5-9(6-8)17-3/h7-9,13H,4-6H2,1-3H3,(H2,12,14,15,16). The van der Waals surface area contributed by atoms with Gasteiger partial charge in [0.2, 0.25) is 5.91 Å². The molecule has 17 heavy (non-hydrogen) atoms. The van der Waals surface area contributed by atoms with Gasteiger partial charge in [-0.1, -0.05) is 0 Å². The second-order valence-electron chi connectivity index (χ2n) is 4.32. The van der Waals surface area contributed by atoms with Crippen molar-refractivity contribution in [2.45, 2.75) is 44.4 Å². The molecule has 1 rings (SSSR count). The predicted octanol–water partition coefficient (Wildman–Crippen LogP) is -0.0124. The molecule has 0 aliphatic heterocycles. The van der Waals surface area contributed by atoms with Crippen molar-refractivity contribution in [2.75, 3.05) is 14.2 Å². The monoisotopic (exact) mass is 243 g/mol. The number of urea groups is 1. The third-order valence-corrected chi connectivity index (χ3v) is 3.06. The summed E-state index contributed by atoms with van der Waals surface area (Å²) in [7, 11) is 3.18. The maximum atomic E-state index is 11.6. The Bertz CT molecular complexity index is 283. The summed E-state index contributed by atoms with van der Waals surface area (Å²) in [5.74, 6) is -0.315. The van der Waals surface area contributed by atoms with E-state index in [1.54, 1.807) is 14.0 Å². The second kappa shape index (κ2) is 6.56. The lowest BCUT2D eigenvalue weighted by Crippen LogP contribution is -2.49. The van der Waals surface area contributed by atoms with Crippen molar-refractivity contribution in [3.05, 3.63) is 0 Å². The van der Waals surface area contributed by atoms with Crippen molar-refractivity contribution in [3.8, 4) is 0 Å². The van der Waals surface area contributed by atoms with E-state index >= 15 is 0 Å². The van der Waals surface area contributed by atoms with Crippen LogP contribution in [-0.4, -0.2) is 44.3 Å². The van der Waals surface area contributed by atoms with Gasteiger partial charge in [-0.05, 0) is 26.2 Å². The van der Waals surface area contributed by atoms with Crippen molar-refractivity contribution < 1.29 is 14.3 Å². The van der Waals surface area contributed by atoms with Crippen LogP contribution < -0.4 is 16.0 Å². The lowest BCUT2D eigenvalue weighted by atomic mass is 10.2. The van der Waals surface area contributed by atoms with Gasteiger partial charge in [-0.2, -0.15) is 0 Å². The Labute approximate surface area is 101 Å². The highest BCUT2D eigenvalue weighted by molar-refractivity contribution is 5.96. The third-order valence-electron chi connectivity index (χ3n) is 3.06. The fraction of sp³-hybridized carbons (Fsp3) is 0.818. The number of nitrogens with one attached hydrogen (secondary N) is 3. The summed E-state index contributed by atoms with van der Waals surface area (Å²) in [5.41, 5.74) is 0. The molecular weight excluding hydrogens is 222 g/mol. The number of rotatable bonds is 4. The van der Waals surface area contributed by atoms with Crippen LogP contribution in [0.5, 0.6) is 0 Å². The minimum absolute atomic E-state index is 0.279. The fourth-order valence-electron chi connectivity index (χ4n) is 2.02. The van der Waals surface area contributed by atoms with Gasteiger partial charge in [0, 0.05) is 20.2 Å². The van der Waals surface area contributed by atoms with Crippen LogP contribution in [0.3, 0.4) is 0 Å². The molecular formula is C11H21N3O3. The van der Waals surface area contributed by atoms with E-state index in [0.29, 0.717) is 0 Å². The summed E-state index contributed by atoms with van der Waals surface area (Å²) in [6.45, 7) is 1.75. The minimum atomic E-state index is -0.482. The van der Waals surface area contributed by atoms with E-state index in [1.807, 2.05) is 0 Å². The second-order valence-corrected chi connectivity index (χ2v) is 4.32. The van der Waals surface area contributed by atoms with Gasteiger partial charge in [0.15, 0.2) is 0 Å². The Morgan fingerprint density at radius 3 is 2.59 bits per heavy atom. The molecule has 0 bridgehead atoms. The van der Waals surface area contributed by atoms with E-state index in [2.05, 4.69) is 16.0 Å². The predicted molar refractivity (Wildman–Crippen MR) is 63.6 cm³/mol. The molecule has 0 heterocycles. The summed E-state index contributed by atoms with van der Waals surface area (Å²) < 4.78 is 5.26. The van der Waals surface area contributed by atoms with Gasteiger partial charge < -0.3 is 15.4 Å². The molecule has 0 spiro atoms. The molecule has 1 fully saturated rings. The first-order valence-electron chi connectivity index (χ1n) is 5.88. The van der Waals surface area contributed by atoms with Gasteiger partial charge in [-0.3, -0.25) is 10.1 Å². The first kappa shape index (κ1) is 13.9. The van der Waals surface area contributed by atoms with Gasteiger partial charge in [0.25, 0.3) is 0 Å². The number of ether oxygens (including phenoxy) is 1. The number of hydrogen-bond donors (Lipinski definition) is 3. The van der Waals surface area contributed by atoms with E-state index in [0.717, 1.165) is 19.3 Å². The highest BCUT2D eigenvalue weighted by Gasteiger charge is 2.27. The van der Waals surface area contributed by atoms with Crippen molar-refractivity contribution in [1.82, 2.24) is 16.0 Å². The number of methoxy groups -OCH3 is 1. The summed E-state index contributed by atoms with van der Waals surface area (Å²) >= 11 is 0. The zero-order valence-electron chi connectivity index (χ0n) is 10.6. The van der Waals surface area contributed by atoms with Crippen molar-refractivity contribution in [1.29, 1.82) is 0 Å². The number of amides is 3. The first-order valence-corrected chi connectivity index (χ1v) is 5.88. The van der Waals surface area contributed by atoms with Crippen molar-refractivity contribution >= 4 is 11.9 Å². The molecule has 3 unspecified atom stereocenters. The largest absolute Gasteiger partial charge is 0.381 e. The molecule has 0 aromatic rings. The Morgan fingerprint density at radius 1 is 1.35 bits per heavy atom. The molecule has 1 aliphatic carbocycles. The molecule has 0 radical (unpaired) electrons. The maximum absolute atomic E-state index is 11.6. The number of carbonyl (C=O) groups excluding carboxylic acids is 2. The Hall–Kier alpha value is -1.14. The van der Waals surface area contributed by atoms with E-state index in [-0.39, 0.29) is 24.1 Å². The average molecular weight is 243 g/mol. The molecule has 0 aromatic heterocycles. The molecule has 6 nitrogen and oxygen atoms in total. The van der Waals surface area contributed by atoms with Crippen LogP contribution in [0.15, 0.2) is 0 Å². The van der Waals surface area contributed by atoms with Gasteiger partial charge in [-0.15, -0.1) is 0 Å². The number of hydrogen-bond acceptors (Lipinski definition) is 4. The van der Waals surface area contributed by atoms with Gasteiger partial charge in [0.05, 0.1) is 12.1 Å². The molecule has 98 valence electrons. The third kappa shape index (κ3) is 4.32. The molecule has 0 aromatic carbocycles. The summed E-state index contributed by atoms with van der Waals surface area (Å²) in [4.78, 5) is 22.6.